The Morgan fingerprint density at radius 1 is 1.70 bits per heavy atom. The Hall–Kier alpha value is -1.60. The zero-order valence-electron chi connectivity index (χ0n) is 11.2. The molecule has 0 saturated heterocycles. The van der Waals surface area contributed by atoms with Crippen molar-refractivity contribution in [3.05, 3.63) is 41.4 Å². The van der Waals surface area contributed by atoms with Crippen molar-refractivity contribution in [1.82, 2.24) is 20.1 Å². The lowest BCUT2D eigenvalue weighted by atomic mass is 10.3. The van der Waals surface area contributed by atoms with E-state index in [0.717, 1.165) is 10.0 Å². The van der Waals surface area contributed by atoms with Gasteiger partial charge in [0.2, 0.25) is 5.91 Å². The molecule has 1 atom stereocenters. The second-order valence-electron chi connectivity index (χ2n) is 4.15. The number of rotatable bonds is 7. The molecular formula is C13H16N4OS2. The van der Waals surface area contributed by atoms with Gasteiger partial charge < -0.3 is 9.88 Å². The quantitative estimate of drug-likeness (QED) is 0.630. The monoisotopic (exact) mass is 308 g/mol. The molecule has 0 spiro atoms. The molecule has 2 heterocycles. The van der Waals surface area contributed by atoms with E-state index >= 15 is 0 Å². The molecule has 106 valence electrons. The highest BCUT2D eigenvalue weighted by atomic mass is 32.2. The molecule has 20 heavy (non-hydrogen) atoms. The third-order valence-electron chi connectivity index (χ3n) is 2.59. The van der Waals surface area contributed by atoms with Crippen molar-refractivity contribution >= 4 is 29.0 Å². The summed E-state index contributed by atoms with van der Waals surface area (Å²) in [5, 5.41) is 13.5. The highest BCUT2D eigenvalue weighted by molar-refractivity contribution is 7.99. The van der Waals surface area contributed by atoms with Gasteiger partial charge in [-0.2, -0.15) is 0 Å². The summed E-state index contributed by atoms with van der Waals surface area (Å²) in [4.78, 5) is 13.1. The predicted molar refractivity (Wildman–Crippen MR) is 81.8 cm³/mol. The van der Waals surface area contributed by atoms with Gasteiger partial charge in [0.1, 0.15) is 6.33 Å². The Morgan fingerprint density at radius 2 is 2.55 bits per heavy atom. The van der Waals surface area contributed by atoms with Crippen LogP contribution < -0.4 is 5.32 Å². The molecular weight excluding hydrogens is 292 g/mol. The first-order chi connectivity index (χ1) is 9.70. The first kappa shape index (κ1) is 14.8. The van der Waals surface area contributed by atoms with Gasteiger partial charge in [0, 0.05) is 11.4 Å². The van der Waals surface area contributed by atoms with Gasteiger partial charge in [0.15, 0.2) is 5.16 Å². The number of aromatic nitrogens is 3. The SMILES string of the molecule is C=CCn1cnnc1SCC(=O)NC(C)c1cccs1. The first-order valence-electron chi connectivity index (χ1n) is 6.15. The lowest BCUT2D eigenvalue weighted by molar-refractivity contribution is -0.119. The highest BCUT2D eigenvalue weighted by Crippen LogP contribution is 2.19. The highest BCUT2D eigenvalue weighted by Gasteiger charge is 2.12. The zero-order chi connectivity index (χ0) is 14.4. The summed E-state index contributed by atoms with van der Waals surface area (Å²) in [7, 11) is 0. The second-order valence-corrected chi connectivity index (χ2v) is 6.07. The number of carbonyl (C=O) groups is 1. The van der Waals surface area contributed by atoms with Gasteiger partial charge in [0.05, 0.1) is 11.8 Å². The molecule has 7 heteroatoms. The van der Waals surface area contributed by atoms with Crippen LogP contribution in [-0.4, -0.2) is 26.4 Å². The normalized spacial score (nSPS) is 12.1. The smallest absolute Gasteiger partial charge is 0.230 e. The lowest BCUT2D eigenvalue weighted by Crippen LogP contribution is -2.27. The van der Waals surface area contributed by atoms with E-state index in [9.17, 15) is 4.79 Å². The summed E-state index contributed by atoms with van der Waals surface area (Å²) >= 11 is 3.01. The minimum Gasteiger partial charge on any atom is -0.348 e. The standard InChI is InChI=1S/C13H16N4OS2/c1-3-6-17-9-14-16-13(17)20-8-12(18)15-10(2)11-5-4-7-19-11/h3-5,7,9-10H,1,6,8H2,2H3,(H,15,18). The van der Waals surface area contributed by atoms with Crippen LogP contribution in [0.15, 0.2) is 41.7 Å². The van der Waals surface area contributed by atoms with Crippen LogP contribution in [-0.2, 0) is 11.3 Å². The lowest BCUT2D eigenvalue weighted by Gasteiger charge is -2.11. The molecule has 0 aliphatic rings. The average molecular weight is 308 g/mol. The maximum atomic E-state index is 11.9. The average Bonchev–Trinajstić information content (AvgIpc) is 3.08. The number of hydrogen-bond donors (Lipinski definition) is 1. The van der Waals surface area contributed by atoms with E-state index in [2.05, 4.69) is 22.1 Å². The summed E-state index contributed by atoms with van der Waals surface area (Å²) in [6, 6.07) is 4.03. The number of thiophene rings is 1. The van der Waals surface area contributed by atoms with Crippen molar-refractivity contribution in [2.75, 3.05) is 5.75 Å². The maximum Gasteiger partial charge on any atom is 0.230 e. The molecule has 0 radical (unpaired) electrons. The van der Waals surface area contributed by atoms with Gasteiger partial charge in [-0.3, -0.25) is 4.79 Å². The van der Waals surface area contributed by atoms with Crippen molar-refractivity contribution in [3.63, 3.8) is 0 Å². The van der Waals surface area contributed by atoms with Crippen molar-refractivity contribution < 1.29 is 4.79 Å². The van der Waals surface area contributed by atoms with Crippen LogP contribution in [0.5, 0.6) is 0 Å². The minimum atomic E-state index is -0.0101. The van der Waals surface area contributed by atoms with Gasteiger partial charge >= 0.3 is 0 Å². The number of nitrogens with one attached hydrogen (secondary N) is 1. The van der Waals surface area contributed by atoms with Crippen molar-refractivity contribution in [2.24, 2.45) is 0 Å². The van der Waals surface area contributed by atoms with Gasteiger partial charge in [-0.05, 0) is 18.4 Å². The number of amides is 1. The molecule has 0 fully saturated rings. The van der Waals surface area contributed by atoms with Crippen LogP contribution in [0.4, 0.5) is 0 Å². The van der Waals surface area contributed by atoms with E-state index in [0.29, 0.717) is 12.3 Å². The summed E-state index contributed by atoms with van der Waals surface area (Å²) in [5.74, 6) is 0.315. The molecule has 2 aromatic heterocycles. The number of allylic oxidation sites excluding steroid dienone is 1. The Balaban J connectivity index is 1.83. The summed E-state index contributed by atoms with van der Waals surface area (Å²) in [6.45, 7) is 6.30. The van der Waals surface area contributed by atoms with E-state index in [1.54, 1.807) is 23.7 Å². The molecule has 0 bridgehead atoms. The summed E-state index contributed by atoms with van der Waals surface area (Å²) < 4.78 is 1.85. The first-order valence-corrected chi connectivity index (χ1v) is 8.01. The molecule has 0 aromatic carbocycles. The van der Waals surface area contributed by atoms with Crippen LogP contribution >= 0.6 is 23.1 Å². The van der Waals surface area contributed by atoms with E-state index in [1.807, 2.05) is 29.0 Å². The fraction of sp³-hybridized carbons (Fsp3) is 0.308. The molecule has 5 nitrogen and oxygen atoms in total. The van der Waals surface area contributed by atoms with Crippen LogP contribution in [0.1, 0.15) is 17.8 Å². The summed E-state index contributed by atoms with van der Waals surface area (Å²) in [5.41, 5.74) is 0. The maximum absolute atomic E-state index is 11.9. The van der Waals surface area contributed by atoms with Crippen molar-refractivity contribution in [2.45, 2.75) is 24.7 Å². The third-order valence-corrected chi connectivity index (χ3v) is 4.62. The zero-order valence-corrected chi connectivity index (χ0v) is 12.8. The molecule has 1 unspecified atom stereocenters. The van der Waals surface area contributed by atoms with E-state index < -0.39 is 0 Å². The molecule has 1 amide bonds. The van der Waals surface area contributed by atoms with E-state index in [1.165, 1.54) is 11.8 Å². The molecule has 0 aliphatic heterocycles. The number of carbonyl (C=O) groups excluding carboxylic acids is 1. The second kappa shape index (κ2) is 7.25. The Morgan fingerprint density at radius 3 is 3.25 bits per heavy atom. The summed E-state index contributed by atoms with van der Waals surface area (Å²) in [6.07, 6.45) is 3.41. The Kier molecular flexibility index (Phi) is 5.37. The molecule has 0 aliphatic carbocycles. The largest absolute Gasteiger partial charge is 0.348 e. The van der Waals surface area contributed by atoms with Crippen molar-refractivity contribution in [1.29, 1.82) is 0 Å². The van der Waals surface area contributed by atoms with Gasteiger partial charge in [0.25, 0.3) is 0 Å². The number of hydrogen-bond acceptors (Lipinski definition) is 5. The predicted octanol–water partition coefficient (Wildman–Crippen LogP) is 2.50. The molecule has 0 saturated carbocycles. The molecule has 2 aromatic rings. The minimum absolute atomic E-state index is 0.0101. The molecule has 1 N–H and O–H groups in total. The van der Waals surface area contributed by atoms with Crippen LogP contribution in [0.3, 0.4) is 0 Å². The van der Waals surface area contributed by atoms with Gasteiger partial charge in [-0.25, -0.2) is 0 Å². The van der Waals surface area contributed by atoms with Crippen molar-refractivity contribution in [3.8, 4) is 0 Å². The third kappa shape index (κ3) is 3.94. The van der Waals surface area contributed by atoms with Crippen LogP contribution in [0, 0.1) is 0 Å². The molecule has 2 rings (SSSR count). The van der Waals surface area contributed by atoms with Gasteiger partial charge in [-0.15, -0.1) is 28.1 Å². The topological polar surface area (TPSA) is 59.8 Å². The Labute approximate surface area is 126 Å². The fourth-order valence-corrected chi connectivity index (χ4v) is 3.11. The van der Waals surface area contributed by atoms with E-state index in [-0.39, 0.29) is 11.9 Å². The van der Waals surface area contributed by atoms with Gasteiger partial charge in [-0.1, -0.05) is 23.9 Å². The van der Waals surface area contributed by atoms with Crippen LogP contribution in [0.25, 0.3) is 0 Å². The van der Waals surface area contributed by atoms with Crippen LogP contribution in [0.2, 0.25) is 0 Å². The Bertz CT molecular complexity index is 565. The van der Waals surface area contributed by atoms with E-state index in [4.69, 9.17) is 0 Å². The number of nitrogens with zero attached hydrogens (tertiary/aromatic N) is 3. The fourth-order valence-electron chi connectivity index (χ4n) is 1.64. The number of thioether (sulfide) groups is 1.